The van der Waals surface area contributed by atoms with Crippen molar-refractivity contribution in [3.63, 3.8) is 0 Å². The first-order chi connectivity index (χ1) is 7.33. The van der Waals surface area contributed by atoms with Gasteiger partial charge in [-0.25, -0.2) is 0 Å². The maximum Gasteiger partial charge on any atom is 0.210 e. The van der Waals surface area contributed by atoms with Gasteiger partial charge in [0.15, 0.2) is 0 Å². The summed E-state index contributed by atoms with van der Waals surface area (Å²) >= 11 is 0. The van der Waals surface area contributed by atoms with Crippen LogP contribution >= 0.6 is 0 Å². The van der Waals surface area contributed by atoms with Crippen molar-refractivity contribution >= 4 is 6.41 Å². The molecule has 1 heterocycles. The van der Waals surface area contributed by atoms with Crippen molar-refractivity contribution in [2.24, 2.45) is 0 Å². The third-order valence-electron chi connectivity index (χ3n) is 2.87. The van der Waals surface area contributed by atoms with Crippen LogP contribution in [-0.4, -0.2) is 30.5 Å². The second kappa shape index (κ2) is 4.45. The van der Waals surface area contributed by atoms with Gasteiger partial charge in [-0.15, -0.1) is 0 Å². The lowest BCUT2D eigenvalue weighted by atomic mass is 10.0. The van der Waals surface area contributed by atoms with Gasteiger partial charge in [0.25, 0.3) is 0 Å². The second-order valence-electron chi connectivity index (χ2n) is 3.79. The summed E-state index contributed by atoms with van der Waals surface area (Å²) in [6.45, 7) is 3.32. The second-order valence-corrected chi connectivity index (χ2v) is 3.79. The molecular formula is C12H15NO2. The predicted molar refractivity (Wildman–Crippen MR) is 57.4 cm³/mol. The zero-order valence-electron chi connectivity index (χ0n) is 8.80. The van der Waals surface area contributed by atoms with Crippen LogP contribution in [0.25, 0.3) is 0 Å². The van der Waals surface area contributed by atoms with E-state index in [1.807, 2.05) is 37.3 Å². The SMILES string of the molecule is C[C@H]1[C@H](c2ccccc2)OCCN1C=O. The summed E-state index contributed by atoms with van der Waals surface area (Å²) in [6.07, 6.45) is 0.911. The average molecular weight is 205 g/mol. The molecule has 1 aromatic carbocycles. The number of rotatable bonds is 2. The van der Waals surface area contributed by atoms with E-state index in [-0.39, 0.29) is 12.1 Å². The van der Waals surface area contributed by atoms with Gasteiger partial charge in [-0.05, 0) is 12.5 Å². The molecule has 2 atom stereocenters. The summed E-state index contributed by atoms with van der Waals surface area (Å²) in [5.41, 5.74) is 1.14. The van der Waals surface area contributed by atoms with Gasteiger partial charge in [-0.3, -0.25) is 4.79 Å². The summed E-state index contributed by atoms with van der Waals surface area (Å²) in [5, 5.41) is 0. The predicted octanol–water partition coefficient (Wildman–Crippen LogP) is 1.60. The summed E-state index contributed by atoms with van der Waals surface area (Å²) in [5.74, 6) is 0. The van der Waals surface area contributed by atoms with Gasteiger partial charge >= 0.3 is 0 Å². The lowest BCUT2D eigenvalue weighted by Crippen LogP contribution is -2.44. The van der Waals surface area contributed by atoms with Crippen molar-refractivity contribution in [1.82, 2.24) is 4.90 Å². The van der Waals surface area contributed by atoms with Crippen LogP contribution in [0, 0.1) is 0 Å². The lowest BCUT2D eigenvalue weighted by molar-refractivity contribution is -0.132. The molecule has 0 spiro atoms. The Kier molecular flexibility index (Phi) is 3.02. The number of nitrogens with zero attached hydrogens (tertiary/aromatic N) is 1. The number of carbonyl (C=O) groups excluding carboxylic acids is 1. The average Bonchev–Trinajstić information content (AvgIpc) is 2.30. The smallest absolute Gasteiger partial charge is 0.210 e. The van der Waals surface area contributed by atoms with Gasteiger partial charge in [0, 0.05) is 6.54 Å². The molecule has 0 bridgehead atoms. The highest BCUT2D eigenvalue weighted by atomic mass is 16.5. The summed E-state index contributed by atoms with van der Waals surface area (Å²) < 4.78 is 5.71. The van der Waals surface area contributed by atoms with Gasteiger partial charge in [0.2, 0.25) is 6.41 Å². The molecule has 1 aromatic rings. The first-order valence-electron chi connectivity index (χ1n) is 5.20. The Bertz CT molecular complexity index is 326. The van der Waals surface area contributed by atoms with E-state index >= 15 is 0 Å². The van der Waals surface area contributed by atoms with Gasteiger partial charge in [-0.2, -0.15) is 0 Å². The molecule has 15 heavy (non-hydrogen) atoms. The number of ether oxygens (including phenoxy) is 1. The minimum atomic E-state index is 0.00477. The van der Waals surface area contributed by atoms with Crippen LogP contribution in [0.5, 0.6) is 0 Å². The van der Waals surface area contributed by atoms with Crippen molar-refractivity contribution in [2.75, 3.05) is 13.2 Å². The van der Waals surface area contributed by atoms with E-state index in [0.29, 0.717) is 13.2 Å². The maximum absolute atomic E-state index is 10.8. The third-order valence-corrected chi connectivity index (χ3v) is 2.87. The van der Waals surface area contributed by atoms with Crippen LogP contribution in [0.4, 0.5) is 0 Å². The molecule has 1 fully saturated rings. The number of amides is 1. The first-order valence-corrected chi connectivity index (χ1v) is 5.20. The van der Waals surface area contributed by atoms with Crippen LogP contribution in [0.1, 0.15) is 18.6 Å². The van der Waals surface area contributed by atoms with E-state index in [4.69, 9.17) is 4.74 Å². The highest BCUT2D eigenvalue weighted by molar-refractivity contribution is 5.48. The van der Waals surface area contributed by atoms with E-state index in [1.54, 1.807) is 4.90 Å². The minimum Gasteiger partial charge on any atom is -0.370 e. The normalized spacial score (nSPS) is 26.3. The summed E-state index contributed by atoms with van der Waals surface area (Å²) in [6, 6.07) is 10.1. The fourth-order valence-electron chi connectivity index (χ4n) is 1.97. The zero-order chi connectivity index (χ0) is 10.7. The van der Waals surface area contributed by atoms with Crippen molar-refractivity contribution in [2.45, 2.75) is 19.1 Å². The van der Waals surface area contributed by atoms with Crippen LogP contribution in [0.2, 0.25) is 0 Å². The van der Waals surface area contributed by atoms with E-state index in [1.165, 1.54) is 0 Å². The molecule has 0 radical (unpaired) electrons. The van der Waals surface area contributed by atoms with Gasteiger partial charge in [-0.1, -0.05) is 30.3 Å². The number of morpholine rings is 1. The highest BCUT2D eigenvalue weighted by Crippen LogP contribution is 2.27. The number of benzene rings is 1. The lowest BCUT2D eigenvalue weighted by Gasteiger charge is -2.37. The molecule has 3 nitrogen and oxygen atoms in total. The Morgan fingerprint density at radius 1 is 1.40 bits per heavy atom. The molecule has 80 valence electrons. The quantitative estimate of drug-likeness (QED) is 0.686. The fourth-order valence-corrected chi connectivity index (χ4v) is 1.97. The Morgan fingerprint density at radius 2 is 2.13 bits per heavy atom. The van der Waals surface area contributed by atoms with Crippen molar-refractivity contribution in [1.29, 1.82) is 0 Å². The Hall–Kier alpha value is -1.35. The number of hydrogen-bond acceptors (Lipinski definition) is 2. The molecule has 1 aliphatic heterocycles. The van der Waals surface area contributed by atoms with Crippen LogP contribution in [0.3, 0.4) is 0 Å². The first kappa shape index (κ1) is 10.2. The fraction of sp³-hybridized carbons (Fsp3) is 0.417. The molecule has 1 saturated heterocycles. The van der Waals surface area contributed by atoms with Gasteiger partial charge in [0.05, 0.1) is 12.6 Å². The summed E-state index contributed by atoms with van der Waals surface area (Å²) in [7, 11) is 0. The summed E-state index contributed by atoms with van der Waals surface area (Å²) in [4.78, 5) is 12.6. The zero-order valence-corrected chi connectivity index (χ0v) is 8.80. The maximum atomic E-state index is 10.8. The van der Waals surface area contributed by atoms with E-state index in [9.17, 15) is 4.79 Å². The van der Waals surface area contributed by atoms with Crippen molar-refractivity contribution < 1.29 is 9.53 Å². The molecule has 0 N–H and O–H groups in total. The molecule has 3 heteroatoms. The van der Waals surface area contributed by atoms with Crippen LogP contribution < -0.4 is 0 Å². The molecule has 0 aliphatic carbocycles. The van der Waals surface area contributed by atoms with E-state index in [2.05, 4.69) is 0 Å². The van der Waals surface area contributed by atoms with Crippen molar-refractivity contribution in [3.8, 4) is 0 Å². The highest BCUT2D eigenvalue weighted by Gasteiger charge is 2.28. The van der Waals surface area contributed by atoms with E-state index < -0.39 is 0 Å². The number of hydrogen-bond donors (Lipinski definition) is 0. The Balaban J connectivity index is 2.18. The molecule has 0 saturated carbocycles. The molecule has 0 unspecified atom stereocenters. The molecular weight excluding hydrogens is 190 g/mol. The van der Waals surface area contributed by atoms with Crippen molar-refractivity contribution in [3.05, 3.63) is 35.9 Å². The Morgan fingerprint density at radius 3 is 2.80 bits per heavy atom. The van der Waals surface area contributed by atoms with E-state index in [0.717, 1.165) is 12.0 Å². The monoisotopic (exact) mass is 205 g/mol. The largest absolute Gasteiger partial charge is 0.370 e. The molecule has 1 amide bonds. The van der Waals surface area contributed by atoms with Gasteiger partial charge < -0.3 is 9.64 Å². The van der Waals surface area contributed by atoms with Gasteiger partial charge in [0.1, 0.15) is 6.10 Å². The molecule has 1 aliphatic rings. The van der Waals surface area contributed by atoms with Crippen LogP contribution in [0.15, 0.2) is 30.3 Å². The molecule has 2 rings (SSSR count). The standard InChI is InChI=1S/C12H15NO2/c1-10-12(11-5-3-2-4-6-11)15-8-7-13(10)9-14/h2-6,9-10,12H,7-8H2,1H3/t10-,12+/m0/s1. The number of carbonyl (C=O) groups is 1. The third kappa shape index (κ3) is 2.02. The topological polar surface area (TPSA) is 29.5 Å². The van der Waals surface area contributed by atoms with Crippen LogP contribution in [-0.2, 0) is 9.53 Å². The Labute approximate surface area is 89.7 Å². The minimum absolute atomic E-state index is 0.00477. The molecule has 0 aromatic heterocycles.